The van der Waals surface area contributed by atoms with E-state index in [1.165, 1.54) is 16.6 Å². The number of nitrogens with one attached hydrogen (secondary N) is 1. The molecule has 1 amide bonds. The Balaban J connectivity index is 2.04. The summed E-state index contributed by atoms with van der Waals surface area (Å²) in [4.78, 5) is 16.1. The average Bonchev–Trinajstić information content (AvgIpc) is 2.77. The molecule has 3 atom stereocenters. The highest BCUT2D eigenvalue weighted by atomic mass is 32.2. The van der Waals surface area contributed by atoms with Crippen LogP contribution in [0.25, 0.3) is 0 Å². The summed E-state index contributed by atoms with van der Waals surface area (Å²) in [5, 5.41) is 13.2. The molecule has 146 valence electrons. The van der Waals surface area contributed by atoms with Crippen LogP contribution in [-0.4, -0.2) is 60.0 Å². The van der Waals surface area contributed by atoms with Gasteiger partial charge < -0.3 is 16.2 Å². The lowest BCUT2D eigenvalue weighted by Gasteiger charge is -2.26. The first kappa shape index (κ1) is 20.8. The van der Waals surface area contributed by atoms with E-state index in [2.05, 4.69) is 10.3 Å². The maximum Gasteiger partial charge on any atom is 0.260 e. The van der Waals surface area contributed by atoms with Crippen LogP contribution >= 0.6 is 0 Å². The molecule has 0 spiro atoms. The van der Waals surface area contributed by atoms with E-state index in [1.807, 2.05) is 13.8 Å². The number of rotatable bonds is 6. The van der Waals surface area contributed by atoms with Crippen LogP contribution in [0.4, 0.5) is 0 Å². The fourth-order valence-electron chi connectivity index (χ4n) is 3.03. The lowest BCUT2D eigenvalue weighted by Crippen LogP contribution is -2.51. The molecule has 0 aromatic carbocycles. The quantitative estimate of drug-likeness (QED) is 0.638. The Kier molecular flexibility index (Phi) is 7.10. The highest BCUT2D eigenvalue weighted by Crippen LogP contribution is 2.19. The molecule has 1 saturated heterocycles. The molecule has 9 heteroatoms. The van der Waals surface area contributed by atoms with Crippen molar-refractivity contribution in [1.29, 1.82) is 0 Å². The number of nitrogens with two attached hydrogens (primary N) is 1. The summed E-state index contributed by atoms with van der Waals surface area (Å²) < 4.78 is 26.6. The van der Waals surface area contributed by atoms with Gasteiger partial charge in [-0.05, 0) is 37.3 Å². The highest BCUT2D eigenvalue weighted by Gasteiger charge is 2.34. The van der Waals surface area contributed by atoms with E-state index in [0.717, 1.165) is 0 Å². The van der Waals surface area contributed by atoms with Crippen LogP contribution in [0.15, 0.2) is 29.4 Å². The van der Waals surface area contributed by atoms with Gasteiger partial charge in [-0.2, -0.15) is 4.31 Å². The van der Waals surface area contributed by atoms with Crippen LogP contribution in [0.5, 0.6) is 0 Å². The summed E-state index contributed by atoms with van der Waals surface area (Å²) in [6, 6.07) is 3.51. The molecule has 2 heterocycles. The van der Waals surface area contributed by atoms with Crippen molar-refractivity contribution in [3.05, 3.63) is 24.4 Å². The van der Waals surface area contributed by atoms with Crippen LogP contribution < -0.4 is 11.1 Å². The first-order valence-corrected chi connectivity index (χ1v) is 10.3. The third-order valence-electron chi connectivity index (χ3n) is 4.41. The topological polar surface area (TPSA) is 126 Å². The predicted octanol–water partition coefficient (Wildman–Crippen LogP) is 0.0852. The minimum absolute atomic E-state index is 0.0476. The van der Waals surface area contributed by atoms with E-state index in [0.29, 0.717) is 19.3 Å². The van der Waals surface area contributed by atoms with Gasteiger partial charge in [0.2, 0.25) is 5.91 Å². The molecule has 1 fully saturated rings. The summed E-state index contributed by atoms with van der Waals surface area (Å²) in [6.45, 7) is 4.13. The van der Waals surface area contributed by atoms with Crippen molar-refractivity contribution in [2.24, 2.45) is 11.7 Å². The van der Waals surface area contributed by atoms with Gasteiger partial charge in [0, 0.05) is 19.3 Å². The number of carbonyl (C=O) groups is 1. The zero-order valence-electron chi connectivity index (χ0n) is 15.2. The van der Waals surface area contributed by atoms with E-state index >= 15 is 0 Å². The van der Waals surface area contributed by atoms with Crippen molar-refractivity contribution in [2.75, 3.05) is 13.1 Å². The molecule has 0 radical (unpaired) electrons. The number of β-amino-alcohol motifs (C(OH)–C–C–N with tert-alkyl or cyclic N) is 1. The molecule has 26 heavy (non-hydrogen) atoms. The number of sulfonamides is 1. The minimum Gasteiger partial charge on any atom is -0.390 e. The molecule has 0 saturated carbocycles. The predicted molar refractivity (Wildman–Crippen MR) is 97.6 cm³/mol. The molecule has 3 unspecified atom stereocenters. The monoisotopic (exact) mass is 384 g/mol. The van der Waals surface area contributed by atoms with Gasteiger partial charge >= 0.3 is 0 Å². The number of amides is 1. The fraction of sp³-hybridized carbons (Fsp3) is 0.647. The van der Waals surface area contributed by atoms with Gasteiger partial charge in [-0.1, -0.05) is 19.9 Å². The molecule has 2 rings (SSSR count). The second kappa shape index (κ2) is 8.90. The normalized spacial score (nSPS) is 23.4. The van der Waals surface area contributed by atoms with E-state index in [-0.39, 0.29) is 29.9 Å². The number of aromatic nitrogens is 1. The van der Waals surface area contributed by atoms with Crippen molar-refractivity contribution in [2.45, 2.75) is 56.3 Å². The van der Waals surface area contributed by atoms with Gasteiger partial charge in [0.05, 0.1) is 18.2 Å². The summed E-state index contributed by atoms with van der Waals surface area (Å²) >= 11 is 0. The summed E-state index contributed by atoms with van der Waals surface area (Å²) in [7, 11) is -3.78. The highest BCUT2D eigenvalue weighted by molar-refractivity contribution is 7.89. The smallest absolute Gasteiger partial charge is 0.260 e. The lowest BCUT2D eigenvalue weighted by molar-refractivity contribution is -0.124. The average molecular weight is 385 g/mol. The third kappa shape index (κ3) is 5.23. The molecular weight excluding hydrogens is 356 g/mol. The van der Waals surface area contributed by atoms with E-state index in [1.54, 1.807) is 12.1 Å². The number of nitrogens with zero attached hydrogens (tertiary/aromatic N) is 2. The van der Waals surface area contributed by atoms with Crippen LogP contribution in [0.1, 0.15) is 33.1 Å². The van der Waals surface area contributed by atoms with Gasteiger partial charge in [-0.3, -0.25) is 4.79 Å². The first-order valence-electron chi connectivity index (χ1n) is 8.87. The summed E-state index contributed by atoms with van der Waals surface area (Å²) in [5.74, 6) is -0.0300. The molecule has 1 aromatic heterocycles. The summed E-state index contributed by atoms with van der Waals surface area (Å²) in [6.07, 6.45) is 1.96. The zero-order chi connectivity index (χ0) is 19.3. The number of hydrogen-bond acceptors (Lipinski definition) is 6. The Labute approximate surface area is 154 Å². The molecular formula is C17H28N4O4S. The maximum absolute atomic E-state index is 12.7. The maximum atomic E-state index is 12.7. The number of pyridine rings is 1. The van der Waals surface area contributed by atoms with Gasteiger partial charge in [0.15, 0.2) is 5.03 Å². The first-order chi connectivity index (χ1) is 12.2. The van der Waals surface area contributed by atoms with Crippen molar-refractivity contribution in [3.8, 4) is 0 Å². The van der Waals surface area contributed by atoms with Gasteiger partial charge in [0.25, 0.3) is 10.0 Å². The van der Waals surface area contributed by atoms with Crippen molar-refractivity contribution in [3.63, 3.8) is 0 Å². The Morgan fingerprint density at radius 3 is 2.81 bits per heavy atom. The largest absolute Gasteiger partial charge is 0.390 e. The van der Waals surface area contributed by atoms with Crippen LogP contribution in [0.3, 0.4) is 0 Å². The lowest BCUT2D eigenvalue weighted by atomic mass is 10.0. The molecule has 4 N–H and O–H groups in total. The SMILES string of the molecule is CC(C)CC(N)C(=O)NC1CCCN(S(=O)(=O)c2ccccn2)CC1O. The van der Waals surface area contributed by atoms with E-state index in [9.17, 15) is 18.3 Å². The third-order valence-corrected chi connectivity index (χ3v) is 6.19. The number of aliphatic hydroxyl groups excluding tert-OH is 1. The fourth-order valence-corrected chi connectivity index (χ4v) is 4.46. The Morgan fingerprint density at radius 2 is 2.19 bits per heavy atom. The number of carbonyl (C=O) groups excluding carboxylic acids is 1. The Bertz CT molecular complexity index is 696. The molecule has 0 aliphatic carbocycles. The Hall–Kier alpha value is -1.55. The minimum atomic E-state index is -3.78. The van der Waals surface area contributed by atoms with Crippen LogP contribution in [0.2, 0.25) is 0 Å². The number of aliphatic hydroxyl groups is 1. The van der Waals surface area contributed by atoms with E-state index in [4.69, 9.17) is 5.73 Å². The van der Waals surface area contributed by atoms with Crippen LogP contribution in [0, 0.1) is 5.92 Å². The molecule has 1 aromatic rings. The molecule has 8 nitrogen and oxygen atoms in total. The summed E-state index contributed by atoms with van der Waals surface area (Å²) in [5.41, 5.74) is 5.88. The molecule has 0 bridgehead atoms. The van der Waals surface area contributed by atoms with Crippen molar-refractivity contribution < 1.29 is 18.3 Å². The van der Waals surface area contributed by atoms with Gasteiger partial charge in [-0.15, -0.1) is 0 Å². The Morgan fingerprint density at radius 1 is 1.46 bits per heavy atom. The van der Waals surface area contributed by atoms with Gasteiger partial charge in [-0.25, -0.2) is 13.4 Å². The second-order valence-corrected chi connectivity index (χ2v) is 8.98. The second-order valence-electron chi connectivity index (χ2n) is 7.09. The van der Waals surface area contributed by atoms with Crippen molar-refractivity contribution in [1.82, 2.24) is 14.6 Å². The molecule has 1 aliphatic rings. The molecule has 1 aliphatic heterocycles. The standard InChI is InChI=1S/C17H28N4O4S/c1-12(2)10-13(18)17(23)20-14-6-5-9-21(11-15(14)22)26(24,25)16-7-3-4-8-19-16/h3-4,7-8,12-15,22H,5-6,9-11,18H2,1-2H3,(H,20,23). The van der Waals surface area contributed by atoms with Crippen molar-refractivity contribution >= 4 is 15.9 Å². The van der Waals surface area contributed by atoms with Crippen LogP contribution in [-0.2, 0) is 14.8 Å². The number of hydrogen-bond donors (Lipinski definition) is 3. The zero-order valence-corrected chi connectivity index (χ0v) is 16.0. The van der Waals surface area contributed by atoms with Gasteiger partial charge in [0.1, 0.15) is 0 Å². The van der Waals surface area contributed by atoms with E-state index < -0.39 is 28.2 Å².